The van der Waals surface area contributed by atoms with Gasteiger partial charge in [-0.05, 0) is 29.9 Å². The molecule has 1 amide bonds. The molecule has 1 atom stereocenters. The molecule has 2 N–H and O–H groups in total. The third kappa shape index (κ3) is 4.35. The van der Waals surface area contributed by atoms with Gasteiger partial charge in [0.15, 0.2) is 0 Å². The van der Waals surface area contributed by atoms with E-state index in [0.29, 0.717) is 5.92 Å². The van der Waals surface area contributed by atoms with Gasteiger partial charge in [0.2, 0.25) is 5.91 Å². The first-order chi connectivity index (χ1) is 8.82. The number of carbonyl (C=O) groups excluding carboxylic acids is 1. The molecule has 0 radical (unpaired) electrons. The quantitative estimate of drug-likeness (QED) is 0.854. The third-order valence-corrected chi connectivity index (χ3v) is 3.36. The smallest absolute Gasteiger partial charge is 0.227 e. The molecule has 0 aromatic heterocycles. The second-order valence-electron chi connectivity index (χ2n) is 5.76. The van der Waals surface area contributed by atoms with Gasteiger partial charge >= 0.3 is 0 Å². The van der Waals surface area contributed by atoms with Crippen LogP contribution in [0.25, 0.3) is 0 Å². The van der Waals surface area contributed by atoms with Gasteiger partial charge in [-0.15, -0.1) is 0 Å². The van der Waals surface area contributed by atoms with Gasteiger partial charge in [-0.1, -0.05) is 45.9 Å². The Morgan fingerprint density at radius 2 is 1.89 bits per heavy atom. The maximum absolute atomic E-state index is 12.0. The van der Waals surface area contributed by atoms with Crippen molar-refractivity contribution in [1.29, 1.82) is 0 Å². The van der Waals surface area contributed by atoms with Crippen LogP contribution in [0.2, 0.25) is 0 Å². The maximum atomic E-state index is 12.0. The molecule has 0 fully saturated rings. The van der Waals surface area contributed by atoms with E-state index in [2.05, 4.69) is 19.2 Å². The van der Waals surface area contributed by atoms with Crippen molar-refractivity contribution in [2.45, 2.75) is 53.1 Å². The number of rotatable bonds is 5. The summed E-state index contributed by atoms with van der Waals surface area (Å²) in [5.41, 5.74) is 3.07. The van der Waals surface area contributed by atoms with E-state index in [-0.39, 0.29) is 18.2 Å². The van der Waals surface area contributed by atoms with Crippen LogP contribution in [0.15, 0.2) is 18.2 Å². The van der Waals surface area contributed by atoms with Crippen LogP contribution in [0.1, 0.15) is 51.2 Å². The van der Waals surface area contributed by atoms with Crippen LogP contribution in [0.4, 0.5) is 5.69 Å². The van der Waals surface area contributed by atoms with Crippen molar-refractivity contribution < 1.29 is 9.90 Å². The Balaban J connectivity index is 2.85. The number of nitrogens with one attached hydrogen (secondary N) is 1. The number of aliphatic hydroxyl groups excluding tert-OH is 1. The lowest BCUT2D eigenvalue weighted by atomic mass is 9.97. The molecule has 0 aliphatic heterocycles. The summed E-state index contributed by atoms with van der Waals surface area (Å²) in [6.45, 7) is 10.0. The molecule has 1 rings (SSSR count). The lowest BCUT2D eigenvalue weighted by molar-refractivity contribution is -0.118. The number of aliphatic hydroxyl groups is 1. The Kier molecular flexibility index (Phi) is 5.55. The van der Waals surface area contributed by atoms with Crippen molar-refractivity contribution in [1.82, 2.24) is 0 Å². The molecule has 3 nitrogen and oxygen atoms in total. The molecule has 0 heterocycles. The Morgan fingerprint density at radius 3 is 2.42 bits per heavy atom. The molecule has 1 aromatic rings. The summed E-state index contributed by atoms with van der Waals surface area (Å²) in [6, 6.07) is 6.02. The van der Waals surface area contributed by atoms with E-state index in [9.17, 15) is 9.90 Å². The second-order valence-corrected chi connectivity index (χ2v) is 5.76. The van der Waals surface area contributed by atoms with E-state index in [1.165, 1.54) is 0 Å². The Labute approximate surface area is 116 Å². The first-order valence-corrected chi connectivity index (χ1v) is 6.90. The van der Waals surface area contributed by atoms with E-state index < -0.39 is 6.10 Å². The zero-order valence-corrected chi connectivity index (χ0v) is 12.5. The van der Waals surface area contributed by atoms with E-state index in [0.717, 1.165) is 16.8 Å². The fraction of sp³-hybridized carbons (Fsp3) is 0.562. The largest absolute Gasteiger partial charge is 0.392 e. The van der Waals surface area contributed by atoms with Crippen molar-refractivity contribution in [3.8, 4) is 0 Å². The molecule has 0 spiro atoms. The Hall–Kier alpha value is -1.35. The molecule has 0 bridgehead atoms. The summed E-state index contributed by atoms with van der Waals surface area (Å²) in [5.74, 6) is 0.315. The van der Waals surface area contributed by atoms with Gasteiger partial charge in [-0.25, -0.2) is 0 Å². The number of amides is 1. The number of hydrogen-bond donors (Lipinski definition) is 2. The molecule has 0 aliphatic carbocycles. The second kappa shape index (κ2) is 6.71. The van der Waals surface area contributed by atoms with Crippen LogP contribution in [0.3, 0.4) is 0 Å². The molecule has 0 aliphatic rings. The number of hydrogen-bond acceptors (Lipinski definition) is 2. The highest BCUT2D eigenvalue weighted by atomic mass is 16.3. The van der Waals surface area contributed by atoms with Gasteiger partial charge in [0.05, 0.1) is 12.5 Å². The van der Waals surface area contributed by atoms with Gasteiger partial charge in [0, 0.05) is 5.69 Å². The lowest BCUT2D eigenvalue weighted by Crippen LogP contribution is -2.24. The lowest BCUT2D eigenvalue weighted by Gasteiger charge is -2.18. The minimum atomic E-state index is -0.591. The number of benzene rings is 1. The average Bonchev–Trinajstić information content (AvgIpc) is 2.31. The minimum absolute atomic E-state index is 0.0900. The first kappa shape index (κ1) is 15.7. The summed E-state index contributed by atoms with van der Waals surface area (Å²) in [6.07, 6.45) is -0.449. The normalized spacial score (nSPS) is 12.8. The molecule has 0 saturated heterocycles. The van der Waals surface area contributed by atoms with Gasteiger partial charge in [0.25, 0.3) is 0 Å². The highest BCUT2D eigenvalue weighted by Crippen LogP contribution is 2.27. The Bertz CT molecular complexity index is 438. The molecular formula is C16H25NO2. The minimum Gasteiger partial charge on any atom is -0.392 e. The van der Waals surface area contributed by atoms with E-state index >= 15 is 0 Å². The molecule has 1 aromatic carbocycles. The summed E-state index contributed by atoms with van der Waals surface area (Å²) < 4.78 is 0. The third-order valence-electron chi connectivity index (χ3n) is 3.36. The predicted octanol–water partition coefficient (Wildman–Crippen LogP) is 3.46. The van der Waals surface area contributed by atoms with Gasteiger partial charge < -0.3 is 10.4 Å². The standard InChI is InChI=1S/C16H25NO2/c1-10(2)13-8-6-7-12(5)16(13)17-15(19)9-14(18)11(3)4/h6-8,10-11,14,18H,9H2,1-5H3,(H,17,19). The van der Waals surface area contributed by atoms with Crippen molar-refractivity contribution in [2.75, 3.05) is 5.32 Å². The SMILES string of the molecule is Cc1cccc(C(C)C)c1NC(=O)CC(O)C(C)C. The number of aryl methyl sites for hydroxylation is 1. The molecule has 3 heteroatoms. The molecular weight excluding hydrogens is 238 g/mol. The number of para-hydroxylation sites is 1. The van der Waals surface area contributed by atoms with Crippen LogP contribution in [0, 0.1) is 12.8 Å². The fourth-order valence-electron chi connectivity index (χ4n) is 1.96. The fourth-order valence-corrected chi connectivity index (χ4v) is 1.96. The first-order valence-electron chi connectivity index (χ1n) is 6.90. The molecule has 106 valence electrons. The van der Waals surface area contributed by atoms with Crippen LogP contribution in [-0.4, -0.2) is 17.1 Å². The van der Waals surface area contributed by atoms with Gasteiger partial charge in [-0.2, -0.15) is 0 Å². The van der Waals surface area contributed by atoms with Crippen LogP contribution < -0.4 is 5.32 Å². The van der Waals surface area contributed by atoms with Gasteiger partial charge in [-0.3, -0.25) is 4.79 Å². The van der Waals surface area contributed by atoms with E-state index in [4.69, 9.17) is 0 Å². The number of carbonyl (C=O) groups is 1. The van der Waals surface area contributed by atoms with Gasteiger partial charge in [0.1, 0.15) is 0 Å². The summed E-state index contributed by atoms with van der Waals surface area (Å²) in [4.78, 5) is 12.0. The van der Waals surface area contributed by atoms with Crippen molar-refractivity contribution in [3.05, 3.63) is 29.3 Å². The summed E-state index contributed by atoms with van der Waals surface area (Å²) in [7, 11) is 0. The monoisotopic (exact) mass is 263 g/mol. The molecule has 1 unspecified atom stereocenters. The zero-order chi connectivity index (χ0) is 14.6. The van der Waals surface area contributed by atoms with E-state index in [1.807, 2.05) is 39.0 Å². The van der Waals surface area contributed by atoms with Crippen molar-refractivity contribution >= 4 is 11.6 Å². The summed E-state index contributed by atoms with van der Waals surface area (Å²) in [5, 5.41) is 12.7. The zero-order valence-electron chi connectivity index (χ0n) is 12.5. The number of anilines is 1. The highest BCUT2D eigenvalue weighted by Gasteiger charge is 2.17. The van der Waals surface area contributed by atoms with Crippen molar-refractivity contribution in [2.24, 2.45) is 5.92 Å². The molecule has 19 heavy (non-hydrogen) atoms. The Morgan fingerprint density at radius 1 is 1.26 bits per heavy atom. The van der Waals surface area contributed by atoms with Crippen LogP contribution in [0.5, 0.6) is 0 Å². The average molecular weight is 263 g/mol. The summed E-state index contributed by atoms with van der Waals surface area (Å²) >= 11 is 0. The maximum Gasteiger partial charge on any atom is 0.227 e. The van der Waals surface area contributed by atoms with Crippen molar-refractivity contribution in [3.63, 3.8) is 0 Å². The molecule has 0 saturated carbocycles. The topological polar surface area (TPSA) is 49.3 Å². The van der Waals surface area contributed by atoms with E-state index in [1.54, 1.807) is 0 Å². The van der Waals surface area contributed by atoms with Crippen LogP contribution >= 0.6 is 0 Å². The van der Waals surface area contributed by atoms with Crippen LogP contribution in [-0.2, 0) is 4.79 Å². The highest BCUT2D eigenvalue weighted by molar-refractivity contribution is 5.92. The predicted molar refractivity (Wildman–Crippen MR) is 79.4 cm³/mol.